The number of azide groups is 1. The van der Waals surface area contributed by atoms with Gasteiger partial charge >= 0.3 is 0 Å². The van der Waals surface area contributed by atoms with Gasteiger partial charge in [-0.05, 0) is 12.0 Å². The Kier molecular flexibility index (Phi) is 10.3. The van der Waals surface area contributed by atoms with E-state index in [9.17, 15) is 0 Å². The van der Waals surface area contributed by atoms with Crippen LogP contribution in [0.5, 0.6) is 0 Å². The monoisotopic (exact) mass is 291 g/mol. The third kappa shape index (κ3) is 8.41. The number of aryl methyl sites for hydroxylation is 1. The van der Waals surface area contributed by atoms with Crippen molar-refractivity contribution in [2.75, 3.05) is 0 Å². The van der Waals surface area contributed by atoms with Gasteiger partial charge in [0.15, 0.2) is 0 Å². The van der Waals surface area contributed by atoms with Gasteiger partial charge in [-0.15, -0.1) is 0 Å². The molecule has 0 atom stereocenters. The molecule has 0 saturated heterocycles. The normalized spacial score (nSPS) is 10.5. The highest BCUT2D eigenvalue weighted by Crippen LogP contribution is 2.11. The number of aromatic nitrogens is 2. The molecule has 0 saturated carbocycles. The van der Waals surface area contributed by atoms with Crippen LogP contribution in [0.4, 0.5) is 0 Å². The molecule has 0 bridgehead atoms. The molecule has 0 aliphatic heterocycles. The molecule has 0 unspecified atom stereocenters. The molecular formula is C16H29N5. The molecule has 1 aromatic rings. The standard InChI is InChI=1S/C16H29N5/c1-2-3-4-5-6-7-8-9-10-11-13-21-14-12-18-16(21)15-19-20-17/h12,14H,2-11,13,15H2,1H3. The second-order valence-electron chi connectivity index (χ2n) is 5.61. The fourth-order valence-corrected chi connectivity index (χ4v) is 2.56. The summed E-state index contributed by atoms with van der Waals surface area (Å²) in [5, 5.41) is 3.57. The Morgan fingerprint density at radius 3 is 2.29 bits per heavy atom. The molecular weight excluding hydrogens is 262 g/mol. The maximum Gasteiger partial charge on any atom is 0.114 e. The van der Waals surface area contributed by atoms with Crippen molar-refractivity contribution in [1.82, 2.24) is 9.55 Å². The molecule has 5 nitrogen and oxygen atoms in total. The maximum atomic E-state index is 8.34. The van der Waals surface area contributed by atoms with Gasteiger partial charge in [-0.1, -0.05) is 69.8 Å². The van der Waals surface area contributed by atoms with Crippen molar-refractivity contribution >= 4 is 0 Å². The molecule has 1 rings (SSSR count). The molecule has 0 fully saturated rings. The molecule has 0 aliphatic rings. The molecule has 118 valence electrons. The molecule has 5 heteroatoms. The second kappa shape index (κ2) is 12.3. The zero-order chi connectivity index (χ0) is 15.2. The van der Waals surface area contributed by atoms with E-state index < -0.39 is 0 Å². The zero-order valence-corrected chi connectivity index (χ0v) is 13.4. The largest absolute Gasteiger partial charge is 0.335 e. The van der Waals surface area contributed by atoms with E-state index in [4.69, 9.17) is 5.53 Å². The van der Waals surface area contributed by atoms with Crippen molar-refractivity contribution in [3.05, 3.63) is 28.7 Å². The van der Waals surface area contributed by atoms with Gasteiger partial charge in [0.2, 0.25) is 0 Å². The Labute approximate surface area is 128 Å². The minimum absolute atomic E-state index is 0.348. The third-order valence-electron chi connectivity index (χ3n) is 3.83. The molecule has 0 N–H and O–H groups in total. The van der Waals surface area contributed by atoms with Gasteiger partial charge < -0.3 is 4.57 Å². The van der Waals surface area contributed by atoms with Crippen LogP contribution in [0.3, 0.4) is 0 Å². The fraction of sp³-hybridized carbons (Fsp3) is 0.812. The minimum atomic E-state index is 0.348. The van der Waals surface area contributed by atoms with Crippen LogP contribution in [0.25, 0.3) is 10.4 Å². The predicted octanol–water partition coefficient (Wildman–Crippen LogP) is 5.61. The Morgan fingerprint density at radius 2 is 1.67 bits per heavy atom. The van der Waals surface area contributed by atoms with Gasteiger partial charge in [-0.2, -0.15) is 0 Å². The summed E-state index contributed by atoms with van der Waals surface area (Å²) < 4.78 is 2.10. The van der Waals surface area contributed by atoms with Gasteiger partial charge in [-0.3, -0.25) is 0 Å². The average Bonchev–Trinajstić information content (AvgIpc) is 2.94. The van der Waals surface area contributed by atoms with Crippen molar-refractivity contribution in [3.8, 4) is 0 Å². The Bertz CT molecular complexity index is 407. The summed E-state index contributed by atoms with van der Waals surface area (Å²) in [7, 11) is 0. The number of imidazole rings is 1. The molecule has 21 heavy (non-hydrogen) atoms. The Hall–Kier alpha value is -1.48. The fourth-order valence-electron chi connectivity index (χ4n) is 2.56. The molecule has 1 heterocycles. The van der Waals surface area contributed by atoms with Crippen LogP contribution in [0.1, 0.15) is 77.0 Å². The van der Waals surface area contributed by atoms with Crippen LogP contribution in [0, 0.1) is 0 Å². The maximum absolute atomic E-state index is 8.34. The highest BCUT2D eigenvalue weighted by atomic mass is 15.2. The van der Waals surface area contributed by atoms with Gasteiger partial charge in [-0.25, -0.2) is 4.98 Å². The van der Waals surface area contributed by atoms with Crippen LogP contribution < -0.4 is 0 Å². The average molecular weight is 291 g/mol. The van der Waals surface area contributed by atoms with Crippen molar-refractivity contribution in [2.45, 2.75) is 84.2 Å². The van der Waals surface area contributed by atoms with E-state index in [1.54, 1.807) is 6.20 Å². The second-order valence-corrected chi connectivity index (χ2v) is 5.61. The summed E-state index contributed by atoms with van der Waals surface area (Å²) >= 11 is 0. The summed E-state index contributed by atoms with van der Waals surface area (Å²) in [6.07, 6.45) is 17.2. The minimum Gasteiger partial charge on any atom is -0.335 e. The molecule has 0 aliphatic carbocycles. The van der Waals surface area contributed by atoms with Crippen molar-refractivity contribution in [3.63, 3.8) is 0 Å². The summed E-state index contributed by atoms with van der Waals surface area (Å²) in [6, 6.07) is 0. The number of unbranched alkanes of at least 4 members (excludes halogenated alkanes) is 9. The lowest BCUT2D eigenvalue weighted by Gasteiger charge is -2.06. The summed E-state index contributed by atoms with van der Waals surface area (Å²) in [4.78, 5) is 7.00. The first-order chi connectivity index (χ1) is 10.4. The number of hydrogen-bond acceptors (Lipinski definition) is 2. The Morgan fingerprint density at radius 1 is 1.05 bits per heavy atom. The summed E-state index contributed by atoms with van der Waals surface area (Å²) in [5.74, 6) is 0.865. The van der Waals surface area contributed by atoms with Gasteiger partial charge in [0.1, 0.15) is 5.82 Å². The van der Waals surface area contributed by atoms with E-state index in [-0.39, 0.29) is 0 Å². The van der Waals surface area contributed by atoms with E-state index in [0.717, 1.165) is 12.4 Å². The van der Waals surface area contributed by atoms with E-state index >= 15 is 0 Å². The van der Waals surface area contributed by atoms with E-state index in [2.05, 4.69) is 26.5 Å². The van der Waals surface area contributed by atoms with E-state index in [1.165, 1.54) is 64.2 Å². The lowest BCUT2D eigenvalue weighted by molar-refractivity contribution is 0.528. The predicted molar refractivity (Wildman–Crippen MR) is 86.9 cm³/mol. The topological polar surface area (TPSA) is 66.6 Å². The first-order valence-electron chi connectivity index (χ1n) is 8.39. The highest BCUT2D eigenvalue weighted by Gasteiger charge is 2.00. The van der Waals surface area contributed by atoms with Crippen LogP contribution in [0.2, 0.25) is 0 Å². The van der Waals surface area contributed by atoms with Crippen molar-refractivity contribution < 1.29 is 0 Å². The molecule has 1 aromatic heterocycles. The lowest BCUT2D eigenvalue weighted by Crippen LogP contribution is -2.02. The van der Waals surface area contributed by atoms with Gasteiger partial charge in [0.25, 0.3) is 0 Å². The molecule has 0 aromatic carbocycles. The molecule has 0 amide bonds. The quantitative estimate of drug-likeness (QED) is 0.201. The smallest absolute Gasteiger partial charge is 0.114 e. The SMILES string of the molecule is CCCCCCCCCCCCn1ccnc1CN=[N+]=[N-]. The van der Waals surface area contributed by atoms with E-state index in [0.29, 0.717) is 6.54 Å². The lowest BCUT2D eigenvalue weighted by atomic mass is 10.1. The first-order valence-corrected chi connectivity index (χ1v) is 8.39. The third-order valence-corrected chi connectivity index (χ3v) is 3.83. The van der Waals surface area contributed by atoms with Crippen LogP contribution in [-0.4, -0.2) is 9.55 Å². The summed E-state index contributed by atoms with van der Waals surface area (Å²) in [5.41, 5.74) is 8.34. The van der Waals surface area contributed by atoms with E-state index in [1.807, 2.05) is 6.20 Å². The van der Waals surface area contributed by atoms with Crippen molar-refractivity contribution in [1.29, 1.82) is 0 Å². The van der Waals surface area contributed by atoms with Crippen LogP contribution in [0.15, 0.2) is 17.5 Å². The first kappa shape index (κ1) is 17.6. The Balaban J connectivity index is 1.99. The molecule has 0 spiro atoms. The van der Waals surface area contributed by atoms with Gasteiger partial charge in [0, 0.05) is 23.9 Å². The van der Waals surface area contributed by atoms with Crippen LogP contribution >= 0.6 is 0 Å². The number of rotatable bonds is 13. The number of nitrogens with zero attached hydrogens (tertiary/aromatic N) is 5. The number of hydrogen-bond donors (Lipinski definition) is 0. The molecule has 0 radical (unpaired) electrons. The summed E-state index contributed by atoms with van der Waals surface area (Å²) in [6.45, 7) is 3.59. The zero-order valence-electron chi connectivity index (χ0n) is 13.4. The van der Waals surface area contributed by atoms with Crippen molar-refractivity contribution in [2.24, 2.45) is 5.11 Å². The van der Waals surface area contributed by atoms with Crippen LogP contribution in [-0.2, 0) is 13.1 Å². The highest BCUT2D eigenvalue weighted by molar-refractivity contribution is 4.91. The van der Waals surface area contributed by atoms with Gasteiger partial charge in [0.05, 0.1) is 6.54 Å².